The molecule has 0 unspecified atom stereocenters. The summed E-state index contributed by atoms with van der Waals surface area (Å²) in [6, 6.07) is 16.1. The van der Waals surface area contributed by atoms with Gasteiger partial charge in [-0.2, -0.15) is 0 Å². The van der Waals surface area contributed by atoms with Crippen LogP contribution >= 0.6 is 0 Å². The maximum absolute atomic E-state index is 12.5. The number of amides is 2. The number of carbonyl (C=O) groups is 3. The number of hydroxylamine groups is 2. The molecule has 120 valence electrons. The van der Waals surface area contributed by atoms with Gasteiger partial charge in [-0.1, -0.05) is 47.5 Å². The van der Waals surface area contributed by atoms with Gasteiger partial charge in [0.2, 0.25) is 0 Å². The highest BCUT2D eigenvalue weighted by Gasteiger charge is 2.59. The van der Waals surface area contributed by atoms with Crippen LogP contribution in [0.2, 0.25) is 0 Å². The van der Waals surface area contributed by atoms with E-state index in [9.17, 15) is 14.4 Å². The number of nitrogens with zero attached hydrogens (tertiary/aromatic N) is 1. The summed E-state index contributed by atoms with van der Waals surface area (Å²) in [5.41, 5.74) is 0.863. The van der Waals surface area contributed by atoms with Gasteiger partial charge in [-0.25, -0.2) is 4.79 Å². The molecule has 1 aliphatic heterocycles. The highest BCUT2D eigenvalue weighted by molar-refractivity contribution is 6.21. The molecule has 1 heterocycles. The zero-order chi connectivity index (χ0) is 16.9. The Balaban J connectivity index is 1.52. The van der Waals surface area contributed by atoms with E-state index in [1.165, 1.54) is 0 Å². The van der Waals surface area contributed by atoms with Crippen molar-refractivity contribution in [1.29, 1.82) is 0 Å². The van der Waals surface area contributed by atoms with Crippen molar-refractivity contribution in [2.75, 3.05) is 0 Å². The molecule has 2 amide bonds. The first kappa shape index (κ1) is 14.6. The van der Waals surface area contributed by atoms with E-state index in [1.54, 1.807) is 31.2 Å². The quantitative estimate of drug-likeness (QED) is 0.815. The number of fused-ring (bicyclic) bond motifs is 1. The fourth-order valence-electron chi connectivity index (χ4n) is 3.20. The molecule has 1 fully saturated rings. The molecule has 0 bridgehead atoms. The lowest BCUT2D eigenvalue weighted by molar-refractivity contribution is -0.175. The standard InChI is InChI=1S/C19H15NO4/c1-19(11-15(19)12-7-3-2-4-8-12)18(23)24-20-16(21)13-9-5-6-10-14(13)17(20)22/h2-10,15H,11H2,1H3/t15-,19+/m0/s1. The minimum absolute atomic E-state index is 0.0429. The molecule has 0 N–H and O–H groups in total. The maximum Gasteiger partial charge on any atom is 0.339 e. The Hall–Kier alpha value is -2.95. The van der Waals surface area contributed by atoms with Crippen LogP contribution in [0.15, 0.2) is 54.6 Å². The first-order chi connectivity index (χ1) is 11.5. The van der Waals surface area contributed by atoms with Gasteiger partial charge >= 0.3 is 5.97 Å². The molecule has 2 aromatic rings. The Labute approximate surface area is 138 Å². The van der Waals surface area contributed by atoms with Crippen LogP contribution in [0.1, 0.15) is 45.5 Å². The Morgan fingerprint density at radius 3 is 2.12 bits per heavy atom. The third kappa shape index (κ3) is 2.05. The minimum Gasteiger partial charge on any atom is -0.329 e. The Bertz CT molecular complexity index is 826. The largest absolute Gasteiger partial charge is 0.339 e. The van der Waals surface area contributed by atoms with Crippen LogP contribution in [0.25, 0.3) is 0 Å². The zero-order valence-electron chi connectivity index (χ0n) is 13.1. The molecule has 2 aromatic carbocycles. The van der Waals surface area contributed by atoms with Crippen LogP contribution < -0.4 is 0 Å². The van der Waals surface area contributed by atoms with E-state index in [-0.39, 0.29) is 17.0 Å². The van der Waals surface area contributed by atoms with E-state index in [4.69, 9.17) is 4.84 Å². The number of rotatable bonds is 3. The fourth-order valence-corrected chi connectivity index (χ4v) is 3.20. The van der Waals surface area contributed by atoms with Gasteiger partial charge in [0.15, 0.2) is 0 Å². The molecule has 1 aliphatic carbocycles. The van der Waals surface area contributed by atoms with Crippen LogP contribution in [0.3, 0.4) is 0 Å². The monoisotopic (exact) mass is 321 g/mol. The average molecular weight is 321 g/mol. The summed E-state index contributed by atoms with van der Waals surface area (Å²) in [6.07, 6.45) is 0.638. The summed E-state index contributed by atoms with van der Waals surface area (Å²) in [6.45, 7) is 1.80. The van der Waals surface area contributed by atoms with Crippen molar-refractivity contribution in [2.24, 2.45) is 5.41 Å². The Morgan fingerprint density at radius 1 is 1.00 bits per heavy atom. The maximum atomic E-state index is 12.5. The molecule has 1 saturated carbocycles. The summed E-state index contributed by atoms with van der Waals surface area (Å²) in [5.74, 6) is -1.69. The van der Waals surface area contributed by atoms with E-state index in [2.05, 4.69) is 0 Å². The lowest BCUT2D eigenvalue weighted by Gasteiger charge is -2.16. The summed E-state index contributed by atoms with van der Waals surface area (Å²) < 4.78 is 0. The van der Waals surface area contributed by atoms with Crippen LogP contribution in [-0.4, -0.2) is 22.8 Å². The van der Waals surface area contributed by atoms with E-state index in [0.29, 0.717) is 11.5 Å². The summed E-state index contributed by atoms with van der Waals surface area (Å²) >= 11 is 0. The topological polar surface area (TPSA) is 63.7 Å². The van der Waals surface area contributed by atoms with Gasteiger partial charge in [0, 0.05) is 5.92 Å². The normalized spacial score (nSPS) is 24.7. The predicted molar refractivity (Wildman–Crippen MR) is 84.9 cm³/mol. The van der Waals surface area contributed by atoms with Gasteiger partial charge < -0.3 is 4.84 Å². The van der Waals surface area contributed by atoms with Crippen molar-refractivity contribution in [3.05, 3.63) is 71.3 Å². The number of hydrogen-bond acceptors (Lipinski definition) is 4. The molecule has 24 heavy (non-hydrogen) atoms. The van der Waals surface area contributed by atoms with Crippen molar-refractivity contribution in [3.63, 3.8) is 0 Å². The lowest BCUT2D eigenvalue weighted by atomic mass is 10.0. The molecule has 5 nitrogen and oxygen atoms in total. The van der Waals surface area contributed by atoms with Gasteiger partial charge in [0.1, 0.15) is 0 Å². The van der Waals surface area contributed by atoms with Gasteiger partial charge in [-0.05, 0) is 31.0 Å². The van der Waals surface area contributed by atoms with E-state index >= 15 is 0 Å². The second-order valence-electron chi connectivity index (χ2n) is 6.41. The van der Waals surface area contributed by atoms with Crippen LogP contribution in [0.5, 0.6) is 0 Å². The smallest absolute Gasteiger partial charge is 0.329 e. The number of hydrogen-bond donors (Lipinski definition) is 0. The molecule has 0 saturated heterocycles. The lowest BCUT2D eigenvalue weighted by Crippen LogP contribution is -2.35. The first-order valence-electron chi connectivity index (χ1n) is 7.77. The number of carbonyl (C=O) groups excluding carboxylic acids is 3. The van der Waals surface area contributed by atoms with Gasteiger partial charge in [-0.3, -0.25) is 9.59 Å². The SMILES string of the molecule is C[C@@]1(C(=O)ON2C(=O)c3ccccc3C2=O)C[C@H]1c1ccccc1. The van der Waals surface area contributed by atoms with Crippen LogP contribution in [0, 0.1) is 5.41 Å². The van der Waals surface area contributed by atoms with E-state index < -0.39 is 23.2 Å². The highest BCUT2D eigenvalue weighted by atomic mass is 16.7. The highest BCUT2D eigenvalue weighted by Crippen LogP contribution is 2.59. The molecular formula is C19H15NO4. The third-order valence-corrected chi connectivity index (χ3v) is 4.84. The van der Waals surface area contributed by atoms with Gasteiger partial charge in [0.25, 0.3) is 11.8 Å². The first-order valence-corrected chi connectivity index (χ1v) is 7.77. The summed E-state index contributed by atoms with van der Waals surface area (Å²) in [7, 11) is 0. The van der Waals surface area contributed by atoms with E-state index in [0.717, 1.165) is 5.56 Å². The predicted octanol–water partition coefficient (Wildman–Crippen LogP) is 2.93. The van der Waals surface area contributed by atoms with Crippen LogP contribution in [0.4, 0.5) is 0 Å². The fraction of sp³-hybridized carbons (Fsp3) is 0.211. The van der Waals surface area contributed by atoms with Crippen LogP contribution in [-0.2, 0) is 9.63 Å². The molecule has 0 aromatic heterocycles. The Kier molecular flexibility index (Phi) is 3.06. The number of benzene rings is 2. The zero-order valence-corrected chi connectivity index (χ0v) is 13.1. The molecule has 2 aliphatic rings. The minimum atomic E-state index is -0.712. The average Bonchev–Trinajstić information content (AvgIpc) is 3.26. The van der Waals surface area contributed by atoms with Crippen molar-refractivity contribution in [1.82, 2.24) is 5.06 Å². The second-order valence-corrected chi connectivity index (χ2v) is 6.41. The third-order valence-electron chi connectivity index (χ3n) is 4.84. The molecule has 5 heteroatoms. The molecule has 2 atom stereocenters. The van der Waals surface area contributed by atoms with Gasteiger partial charge in [0.05, 0.1) is 16.5 Å². The van der Waals surface area contributed by atoms with Gasteiger partial charge in [-0.15, -0.1) is 0 Å². The molecule has 0 radical (unpaired) electrons. The molecule has 0 spiro atoms. The number of imide groups is 1. The van der Waals surface area contributed by atoms with Crippen molar-refractivity contribution >= 4 is 17.8 Å². The molecule has 4 rings (SSSR count). The van der Waals surface area contributed by atoms with Crippen molar-refractivity contribution in [3.8, 4) is 0 Å². The second kappa shape index (κ2) is 5.03. The Morgan fingerprint density at radius 2 is 1.54 bits per heavy atom. The molecular weight excluding hydrogens is 306 g/mol. The summed E-state index contributed by atoms with van der Waals surface area (Å²) in [5, 5.41) is 0.582. The summed E-state index contributed by atoms with van der Waals surface area (Å²) in [4.78, 5) is 42.3. The van der Waals surface area contributed by atoms with E-state index in [1.807, 2.05) is 30.3 Å². The van der Waals surface area contributed by atoms with Crippen molar-refractivity contribution in [2.45, 2.75) is 19.3 Å². The van der Waals surface area contributed by atoms with Crippen molar-refractivity contribution < 1.29 is 19.2 Å².